The van der Waals surface area contributed by atoms with Gasteiger partial charge in [-0.1, -0.05) is 19.1 Å². The molecule has 0 radical (unpaired) electrons. The van der Waals surface area contributed by atoms with E-state index in [9.17, 15) is 4.79 Å². The number of aromatic carboxylic acids is 1. The van der Waals surface area contributed by atoms with Crippen molar-refractivity contribution in [2.24, 2.45) is 0 Å². The van der Waals surface area contributed by atoms with Crippen LogP contribution in [0.4, 0.5) is 5.69 Å². The zero-order chi connectivity index (χ0) is 18.2. The Labute approximate surface area is 168 Å². The maximum atomic E-state index is 10.1. The van der Waals surface area contributed by atoms with Crippen LogP contribution in [0.3, 0.4) is 0 Å². The molecule has 0 unspecified atom stereocenters. The molecule has 0 spiro atoms. The van der Waals surface area contributed by atoms with Gasteiger partial charge in [-0.15, -0.1) is 35.4 Å². The van der Waals surface area contributed by atoms with Crippen LogP contribution in [0, 0.1) is 13.0 Å². The van der Waals surface area contributed by atoms with Crippen molar-refractivity contribution in [3.05, 3.63) is 78.2 Å². The number of pyridine rings is 2. The van der Waals surface area contributed by atoms with Crippen LogP contribution < -0.4 is 4.90 Å². The van der Waals surface area contributed by atoms with Crippen molar-refractivity contribution in [2.75, 3.05) is 19.0 Å². The first-order chi connectivity index (χ1) is 12.0. The smallest absolute Gasteiger partial charge is 0.354 e. The molecule has 1 aromatic carbocycles. The molecule has 138 valence electrons. The average molecular weight is 529 g/mol. The molecule has 0 atom stereocenters. The Hall–Kier alpha value is -2.52. The third kappa shape index (κ3) is 6.08. The van der Waals surface area contributed by atoms with E-state index >= 15 is 0 Å². The molecule has 6 heteroatoms. The number of carboxylic acids is 1. The minimum absolute atomic E-state index is 0. The van der Waals surface area contributed by atoms with Gasteiger partial charge in [-0.2, -0.15) is 0 Å². The van der Waals surface area contributed by atoms with E-state index in [4.69, 9.17) is 5.11 Å². The van der Waals surface area contributed by atoms with E-state index in [0.29, 0.717) is 0 Å². The molecule has 2 heterocycles. The number of hydrogen-bond acceptors (Lipinski definition) is 4. The molecule has 0 saturated carbocycles. The first-order valence-electron chi connectivity index (χ1n) is 7.74. The third-order valence-corrected chi connectivity index (χ3v) is 3.46. The fourth-order valence-corrected chi connectivity index (χ4v) is 2.12. The van der Waals surface area contributed by atoms with Gasteiger partial charge in [0.1, 0.15) is 5.69 Å². The van der Waals surface area contributed by atoms with Crippen molar-refractivity contribution in [3.8, 4) is 11.3 Å². The first kappa shape index (κ1) is 21.5. The summed E-state index contributed by atoms with van der Waals surface area (Å²) in [6, 6.07) is 18.1. The van der Waals surface area contributed by atoms with E-state index < -0.39 is 5.97 Å². The fourth-order valence-electron chi connectivity index (χ4n) is 2.12. The van der Waals surface area contributed by atoms with Gasteiger partial charge in [0.2, 0.25) is 0 Å². The van der Waals surface area contributed by atoms with Crippen molar-refractivity contribution in [1.29, 1.82) is 0 Å². The van der Waals surface area contributed by atoms with Crippen molar-refractivity contribution in [3.63, 3.8) is 0 Å². The number of aromatic nitrogens is 2. The van der Waals surface area contributed by atoms with E-state index in [-0.39, 0.29) is 26.8 Å². The molecule has 1 N–H and O–H groups in total. The number of nitrogens with zero attached hydrogens (tertiary/aromatic N) is 3. The van der Waals surface area contributed by atoms with E-state index in [2.05, 4.69) is 40.0 Å². The van der Waals surface area contributed by atoms with Crippen LogP contribution in [-0.4, -0.2) is 35.1 Å². The number of carbonyl (C=O) groups is 1. The van der Waals surface area contributed by atoms with Crippen molar-refractivity contribution in [1.82, 2.24) is 9.97 Å². The molecule has 26 heavy (non-hydrogen) atoms. The van der Waals surface area contributed by atoms with Gasteiger partial charge in [0.15, 0.2) is 0 Å². The zero-order valence-electron chi connectivity index (χ0n) is 14.8. The van der Waals surface area contributed by atoms with E-state index in [1.54, 1.807) is 12.1 Å². The zero-order valence-corrected chi connectivity index (χ0v) is 17.1. The topological polar surface area (TPSA) is 66.3 Å². The maximum Gasteiger partial charge on any atom is 0.354 e. The predicted molar refractivity (Wildman–Crippen MR) is 98.8 cm³/mol. The van der Waals surface area contributed by atoms with E-state index in [0.717, 1.165) is 16.9 Å². The average Bonchev–Trinajstić information content (AvgIpc) is 2.63. The second-order valence-electron chi connectivity index (χ2n) is 5.54. The van der Waals surface area contributed by atoms with E-state index in [1.165, 1.54) is 17.8 Å². The summed E-state index contributed by atoms with van der Waals surface area (Å²) in [5.74, 6) is -0.990. The molecular weight excluding hydrogens is 509 g/mol. The molecule has 5 nitrogen and oxygen atoms in total. The Bertz CT molecular complexity index is 839. The summed E-state index contributed by atoms with van der Waals surface area (Å²) in [4.78, 5) is 20.2. The molecule has 0 bridgehead atoms. The van der Waals surface area contributed by atoms with E-state index in [1.807, 2.05) is 38.5 Å². The summed E-state index contributed by atoms with van der Waals surface area (Å²) in [5.41, 5.74) is 4.49. The summed E-state index contributed by atoms with van der Waals surface area (Å²) in [6.45, 7) is 2.08. The molecule has 2 aromatic heterocycles. The molecule has 0 aliphatic heterocycles. The summed E-state index contributed by atoms with van der Waals surface area (Å²) < 4.78 is 0. The van der Waals surface area contributed by atoms with Crippen LogP contribution in [0.15, 0.2) is 60.9 Å². The van der Waals surface area contributed by atoms with Gasteiger partial charge in [-0.05, 0) is 23.9 Å². The van der Waals surface area contributed by atoms with Crippen LogP contribution in [0.5, 0.6) is 0 Å². The Kier molecular flexibility index (Phi) is 8.66. The van der Waals surface area contributed by atoms with Crippen LogP contribution >= 0.6 is 0 Å². The minimum atomic E-state index is -0.990. The second-order valence-corrected chi connectivity index (χ2v) is 5.54. The predicted octanol–water partition coefficient (Wildman–Crippen LogP) is 3.70. The number of benzene rings is 1. The van der Waals surface area contributed by atoms with Gasteiger partial charge >= 0.3 is 5.97 Å². The number of anilines is 1. The largest absolute Gasteiger partial charge is 0.477 e. The monoisotopic (exact) mass is 529 g/mol. The Balaban J connectivity index is 0.000000290. The normalized spacial score (nSPS) is 9.35. The van der Waals surface area contributed by atoms with Crippen LogP contribution in [0.1, 0.15) is 16.1 Å². The fraction of sp³-hybridized carbons (Fsp3) is 0.150. The summed E-state index contributed by atoms with van der Waals surface area (Å²) >= 11 is 0. The Morgan fingerprint density at radius 1 is 1.08 bits per heavy atom. The molecule has 3 rings (SSSR count). The van der Waals surface area contributed by atoms with Crippen molar-refractivity contribution in [2.45, 2.75) is 6.92 Å². The van der Waals surface area contributed by atoms with Crippen molar-refractivity contribution < 1.29 is 31.0 Å². The molecular formula is C20H20N3O2Pt-. The van der Waals surface area contributed by atoms with Crippen LogP contribution in [0.2, 0.25) is 0 Å². The van der Waals surface area contributed by atoms with Crippen LogP contribution in [0.25, 0.3) is 11.3 Å². The first-order valence-corrected chi connectivity index (χ1v) is 7.74. The van der Waals surface area contributed by atoms with Gasteiger partial charge in [-0.25, -0.2) is 9.78 Å². The summed E-state index contributed by atoms with van der Waals surface area (Å²) in [5, 5.41) is 8.32. The van der Waals surface area contributed by atoms with Gasteiger partial charge in [0.05, 0.1) is 0 Å². The minimum Gasteiger partial charge on any atom is -0.477 e. The molecule has 0 fully saturated rings. The molecule has 0 amide bonds. The van der Waals surface area contributed by atoms with Crippen molar-refractivity contribution >= 4 is 11.7 Å². The molecule has 0 aliphatic rings. The van der Waals surface area contributed by atoms with Crippen LogP contribution in [-0.2, 0) is 21.1 Å². The number of hydrogen-bond donors (Lipinski definition) is 1. The summed E-state index contributed by atoms with van der Waals surface area (Å²) in [6.07, 6.45) is 3.29. The number of rotatable bonds is 3. The maximum absolute atomic E-state index is 10.1. The Morgan fingerprint density at radius 2 is 1.85 bits per heavy atom. The summed E-state index contributed by atoms with van der Waals surface area (Å²) in [7, 11) is 4.06. The second kappa shape index (κ2) is 10.5. The van der Waals surface area contributed by atoms with Gasteiger partial charge in [-0.3, -0.25) is 0 Å². The van der Waals surface area contributed by atoms with Gasteiger partial charge < -0.3 is 15.0 Å². The molecule has 0 saturated heterocycles. The van der Waals surface area contributed by atoms with Gasteiger partial charge in [0.25, 0.3) is 0 Å². The SMILES string of the molecule is Cc1ccc[c-]c1-c1cc(N(C)C)ccn1.O=C(O)c1ccccn1.[Pt]. The number of aryl methyl sites for hydroxylation is 1. The standard InChI is InChI=1S/C14H15N2.C6H5NO2.Pt/c1-11-6-4-5-7-13(11)14-10-12(16(2)3)8-9-15-14;8-6(9)5-3-1-2-4-7-5;/h4-6,8-10H,1-3H3;1-4H,(H,8,9);/q-1;;. The van der Waals surface area contributed by atoms with Gasteiger partial charge in [0, 0.05) is 53.2 Å². The number of carboxylic acid groups (broad SMARTS) is 1. The quantitative estimate of drug-likeness (QED) is 0.525. The molecule has 3 aromatic rings. The Morgan fingerprint density at radius 3 is 2.38 bits per heavy atom. The molecule has 0 aliphatic carbocycles. The third-order valence-electron chi connectivity index (χ3n) is 3.46.